The van der Waals surface area contributed by atoms with Gasteiger partial charge in [-0.3, -0.25) is 9.59 Å². The zero-order valence-corrected chi connectivity index (χ0v) is 15.7. The van der Waals surface area contributed by atoms with E-state index in [0.717, 1.165) is 16.7 Å². The van der Waals surface area contributed by atoms with Crippen LogP contribution in [0, 0.1) is 0 Å². The van der Waals surface area contributed by atoms with E-state index in [9.17, 15) is 14.7 Å². The highest BCUT2D eigenvalue weighted by Crippen LogP contribution is 2.41. The average Bonchev–Trinajstić information content (AvgIpc) is 2.95. The Bertz CT molecular complexity index is 940. The van der Waals surface area contributed by atoms with Crippen LogP contribution in [-0.2, 0) is 4.79 Å². The first-order valence-electron chi connectivity index (χ1n) is 7.85. The van der Waals surface area contributed by atoms with Crippen molar-refractivity contribution in [3.63, 3.8) is 0 Å². The fraction of sp³-hybridized carbons (Fsp3) is 0.158. The third kappa shape index (κ3) is 3.56. The van der Waals surface area contributed by atoms with Crippen LogP contribution in [0.1, 0.15) is 5.56 Å². The molecule has 7 nitrogen and oxygen atoms in total. The van der Waals surface area contributed by atoms with Gasteiger partial charge in [0.2, 0.25) is 0 Å². The number of imide groups is 1. The maximum Gasteiger partial charge on any atom is 0.298 e. The molecular weight excluding hydrogens is 370 g/mol. The Morgan fingerprint density at radius 2 is 1.70 bits per heavy atom. The van der Waals surface area contributed by atoms with E-state index in [0.29, 0.717) is 22.7 Å². The molecule has 0 aromatic heterocycles. The van der Waals surface area contributed by atoms with Crippen LogP contribution < -0.4 is 19.1 Å². The lowest BCUT2D eigenvalue weighted by atomic mass is 10.2. The van der Waals surface area contributed by atoms with Gasteiger partial charge in [-0.1, -0.05) is 6.07 Å². The highest BCUT2D eigenvalue weighted by atomic mass is 32.2. The molecule has 1 aliphatic rings. The number of benzene rings is 2. The minimum absolute atomic E-state index is 0.00859. The Morgan fingerprint density at radius 3 is 2.37 bits per heavy atom. The van der Waals surface area contributed by atoms with Gasteiger partial charge in [0.05, 0.1) is 31.9 Å². The lowest BCUT2D eigenvalue weighted by Crippen LogP contribution is -2.28. The first-order chi connectivity index (χ1) is 13.0. The number of hydrogen-bond acceptors (Lipinski definition) is 7. The predicted molar refractivity (Wildman–Crippen MR) is 103 cm³/mol. The van der Waals surface area contributed by atoms with Gasteiger partial charge in [0.25, 0.3) is 11.1 Å². The summed E-state index contributed by atoms with van der Waals surface area (Å²) in [6.07, 6.45) is 1.57. The summed E-state index contributed by atoms with van der Waals surface area (Å²) >= 11 is 0.827. The normalized spacial score (nSPS) is 15.4. The molecule has 1 N–H and O–H groups in total. The smallest absolute Gasteiger partial charge is 0.298 e. The lowest BCUT2D eigenvalue weighted by Gasteiger charge is -2.17. The van der Waals surface area contributed by atoms with Crippen molar-refractivity contribution in [2.75, 3.05) is 26.2 Å². The molecule has 8 heteroatoms. The second kappa shape index (κ2) is 7.63. The number of carbonyl (C=O) groups excluding carboxylic acids is 2. The van der Waals surface area contributed by atoms with Crippen LogP contribution in [0.25, 0.3) is 6.08 Å². The highest BCUT2D eigenvalue weighted by molar-refractivity contribution is 8.19. The van der Waals surface area contributed by atoms with E-state index in [1.54, 1.807) is 36.4 Å². The van der Waals surface area contributed by atoms with E-state index in [1.807, 2.05) is 0 Å². The van der Waals surface area contributed by atoms with E-state index in [1.165, 1.54) is 27.4 Å². The van der Waals surface area contributed by atoms with Crippen molar-refractivity contribution in [2.24, 2.45) is 0 Å². The van der Waals surface area contributed by atoms with Gasteiger partial charge < -0.3 is 19.3 Å². The highest BCUT2D eigenvalue weighted by Gasteiger charge is 2.38. The number of methoxy groups -OCH3 is 3. The topological polar surface area (TPSA) is 85.3 Å². The zero-order valence-electron chi connectivity index (χ0n) is 14.9. The molecule has 2 aromatic carbocycles. The maximum atomic E-state index is 12.8. The van der Waals surface area contributed by atoms with Gasteiger partial charge in [-0.15, -0.1) is 0 Å². The van der Waals surface area contributed by atoms with Gasteiger partial charge in [0, 0.05) is 6.07 Å². The number of nitrogens with zero attached hydrogens (tertiary/aromatic N) is 1. The summed E-state index contributed by atoms with van der Waals surface area (Å²) in [5.74, 6) is 0.713. The summed E-state index contributed by atoms with van der Waals surface area (Å²) in [6, 6.07) is 9.52. The summed E-state index contributed by atoms with van der Waals surface area (Å²) in [5, 5.41) is 9.25. The summed E-state index contributed by atoms with van der Waals surface area (Å²) in [6.45, 7) is 0. The van der Waals surface area contributed by atoms with Crippen LogP contribution >= 0.6 is 11.8 Å². The van der Waals surface area contributed by atoms with Gasteiger partial charge in [-0.25, -0.2) is 4.90 Å². The van der Waals surface area contributed by atoms with E-state index >= 15 is 0 Å². The SMILES string of the molecule is COc1ccc(N2C(=O)S/C(=C\c3ccc(O)c(OC)c3)C2=O)c(OC)c1. The van der Waals surface area contributed by atoms with Gasteiger partial charge >= 0.3 is 0 Å². The number of rotatable bonds is 5. The number of thioether (sulfide) groups is 1. The molecule has 1 heterocycles. The fourth-order valence-electron chi connectivity index (χ4n) is 2.58. The van der Waals surface area contributed by atoms with Crippen LogP contribution in [0.15, 0.2) is 41.3 Å². The summed E-state index contributed by atoms with van der Waals surface area (Å²) in [7, 11) is 4.40. The Morgan fingerprint density at radius 1 is 0.963 bits per heavy atom. The second-order valence-electron chi connectivity index (χ2n) is 5.49. The monoisotopic (exact) mass is 387 g/mol. The van der Waals surface area contributed by atoms with Crippen molar-refractivity contribution in [3.8, 4) is 23.0 Å². The molecule has 1 fully saturated rings. The Balaban J connectivity index is 1.96. The molecule has 1 aliphatic heterocycles. The lowest BCUT2D eigenvalue weighted by molar-refractivity contribution is -0.113. The number of aromatic hydroxyl groups is 1. The summed E-state index contributed by atoms with van der Waals surface area (Å²) in [4.78, 5) is 26.6. The van der Waals surface area contributed by atoms with Crippen molar-refractivity contribution in [1.82, 2.24) is 0 Å². The number of hydrogen-bond donors (Lipinski definition) is 1. The minimum atomic E-state index is -0.458. The first-order valence-corrected chi connectivity index (χ1v) is 8.67. The molecule has 2 aromatic rings. The Kier molecular flexibility index (Phi) is 5.27. The first kappa shape index (κ1) is 18.7. The van der Waals surface area contributed by atoms with Crippen molar-refractivity contribution in [1.29, 1.82) is 0 Å². The van der Waals surface area contributed by atoms with E-state index in [-0.39, 0.29) is 16.4 Å². The molecule has 3 rings (SSSR count). The van der Waals surface area contributed by atoms with Crippen LogP contribution in [0.5, 0.6) is 23.0 Å². The summed E-state index contributed by atoms with van der Waals surface area (Å²) in [5.41, 5.74) is 0.962. The van der Waals surface area contributed by atoms with Crippen molar-refractivity contribution in [2.45, 2.75) is 0 Å². The number of ether oxygens (including phenoxy) is 3. The molecule has 0 bridgehead atoms. The molecule has 2 amide bonds. The Labute approximate surface area is 160 Å². The average molecular weight is 387 g/mol. The van der Waals surface area contributed by atoms with Gasteiger partial charge in [-0.2, -0.15) is 0 Å². The van der Waals surface area contributed by atoms with Crippen LogP contribution in [-0.4, -0.2) is 37.6 Å². The number of carbonyl (C=O) groups is 2. The molecule has 0 unspecified atom stereocenters. The van der Waals surface area contributed by atoms with Crippen LogP contribution in [0.3, 0.4) is 0 Å². The third-order valence-corrected chi connectivity index (χ3v) is 4.79. The number of phenolic OH excluding ortho intramolecular Hbond substituents is 1. The fourth-order valence-corrected chi connectivity index (χ4v) is 3.41. The van der Waals surface area contributed by atoms with Gasteiger partial charge in [-0.05, 0) is 47.7 Å². The molecule has 1 saturated heterocycles. The molecule has 0 radical (unpaired) electrons. The predicted octanol–water partition coefficient (Wildman–Crippen LogP) is 3.66. The van der Waals surface area contributed by atoms with E-state index in [2.05, 4.69) is 0 Å². The maximum absolute atomic E-state index is 12.8. The second-order valence-corrected chi connectivity index (χ2v) is 6.48. The van der Waals surface area contributed by atoms with Crippen molar-refractivity contribution in [3.05, 3.63) is 46.9 Å². The minimum Gasteiger partial charge on any atom is -0.504 e. The number of phenols is 1. The van der Waals surface area contributed by atoms with E-state index in [4.69, 9.17) is 14.2 Å². The third-order valence-electron chi connectivity index (χ3n) is 3.92. The largest absolute Gasteiger partial charge is 0.504 e. The quantitative estimate of drug-likeness (QED) is 0.784. The summed E-state index contributed by atoms with van der Waals surface area (Å²) < 4.78 is 15.5. The van der Waals surface area contributed by atoms with Crippen LogP contribution in [0.4, 0.5) is 10.5 Å². The van der Waals surface area contributed by atoms with Crippen LogP contribution in [0.2, 0.25) is 0 Å². The standard InChI is InChI=1S/C19H17NO6S/c1-24-12-5-6-13(15(10-12)25-2)20-18(22)17(27-19(20)23)9-11-4-7-14(21)16(8-11)26-3/h4-10,21H,1-3H3/b17-9-. The van der Waals surface area contributed by atoms with E-state index < -0.39 is 11.1 Å². The van der Waals surface area contributed by atoms with Gasteiger partial charge in [0.15, 0.2) is 11.5 Å². The molecule has 0 atom stereocenters. The van der Waals surface area contributed by atoms with Crippen molar-refractivity contribution < 1.29 is 28.9 Å². The number of anilines is 1. The molecule has 0 aliphatic carbocycles. The zero-order chi connectivity index (χ0) is 19.6. The molecule has 0 spiro atoms. The molecule has 27 heavy (non-hydrogen) atoms. The molecule has 140 valence electrons. The number of amides is 2. The Hall–Kier alpha value is -3.13. The molecule has 0 saturated carbocycles. The molecular formula is C19H17NO6S. The van der Waals surface area contributed by atoms with Crippen molar-refractivity contribution >= 4 is 34.7 Å². The van der Waals surface area contributed by atoms with Gasteiger partial charge in [0.1, 0.15) is 11.5 Å².